The first-order chi connectivity index (χ1) is 30.2. The highest BCUT2D eigenvalue weighted by atomic mass is 16.7. The van der Waals surface area contributed by atoms with E-state index < -0.39 is 49.5 Å². The number of carbonyl (C=O) groups is 2. The second-order valence-electron chi connectivity index (χ2n) is 17.2. The predicted octanol–water partition coefficient (Wildman–Crippen LogP) is 9.77. The maximum atomic E-state index is 12.9. The molecule has 0 aromatic heterocycles. The molecule has 1 fully saturated rings. The van der Waals surface area contributed by atoms with E-state index in [4.69, 9.17) is 14.2 Å². The molecule has 0 radical (unpaired) electrons. The summed E-state index contributed by atoms with van der Waals surface area (Å²) < 4.78 is 16.6. The summed E-state index contributed by atoms with van der Waals surface area (Å²) in [6, 6.07) is -0.854. The SMILES string of the molecule is C/C=C/CC/C=C/CC/C=C/C(O)C(COC1OC(CO)C(O)C(O)C1O)NC(=O)CCCCCCC/C=C\CCCCOC(=O)CCCCCCCCCCCCCCCC. The molecule has 7 atom stereocenters. The summed E-state index contributed by atoms with van der Waals surface area (Å²) >= 11 is 0. The number of carbonyl (C=O) groups excluding carboxylic acids is 2. The Morgan fingerprint density at radius 3 is 1.69 bits per heavy atom. The van der Waals surface area contributed by atoms with Gasteiger partial charge in [-0.05, 0) is 77.6 Å². The van der Waals surface area contributed by atoms with Crippen molar-refractivity contribution in [2.75, 3.05) is 19.8 Å². The minimum absolute atomic E-state index is 0.0586. The Bertz CT molecular complexity index is 1170. The van der Waals surface area contributed by atoms with Crippen LogP contribution < -0.4 is 5.32 Å². The number of amides is 1. The van der Waals surface area contributed by atoms with Gasteiger partial charge in [0.1, 0.15) is 24.4 Å². The first kappa shape index (κ1) is 57.6. The summed E-state index contributed by atoms with van der Waals surface area (Å²) in [5, 5.41) is 53.9. The van der Waals surface area contributed by atoms with Crippen LogP contribution in [-0.4, -0.2) is 100 Å². The summed E-state index contributed by atoms with van der Waals surface area (Å²) in [6.07, 6.45) is 39.4. The van der Waals surface area contributed by atoms with Gasteiger partial charge in [0.15, 0.2) is 6.29 Å². The highest BCUT2D eigenvalue weighted by Crippen LogP contribution is 2.22. The van der Waals surface area contributed by atoms with Gasteiger partial charge < -0.3 is 45.1 Å². The van der Waals surface area contributed by atoms with E-state index in [2.05, 4.69) is 42.6 Å². The number of aliphatic hydroxyl groups is 5. The number of allylic oxidation sites excluding steroid dienone is 7. The molecule has 1 aliphatic rings. The van der Waals surface area contributed by atoms with Gasteiger partial charge in [0.25, 0.3) is 0 Å². The molecule has 0 spiro atoms. The Morgan fingerprint density at radius 1 is 0.613 bits per heavy atom. The molecule has 7 unspecified atom stereocenters. The molecule has 1 amide bonds. The highest BCUT2D eigenvalue weighted by Gasteiger charge is 2.44. The van der Waals surface area contributed by atoms with Gasteiger partial charge in [-0.1, -0.05) is 158 Å². The summed E-state index contributed by atoms with van der Waals surface area (Å²) in [5.41, 5.74) is 0. The van der Waals surface area contributed by atoms with E-state index in [1.54, 1.807) is 6.08 Å². The Balaban J connectivity index is 2.18. The molecular formula is C51H91NO10. The van der Waals surface area contributed by atoms with Gasteiger partial charge in [-0.3, -0.25) is 9.59 Å². The van der Waals surface area contributed by atoms with E-state index in [1.165, 1.54) is 77.0 Å². The van der Waals surface area contributed by atoms with Crippen LogP contribution in [-0.2, 0) is 23.8 Å². The average molecular weight is 878 g/mol. The summed E-state index contributed by atoms with van der Waals surface area (Å²) in [7, 11) is 0. The lowest BCUT2D eigenvalue weighted by Gasteiger charge is -2.40. The van der Waals surface area contributed by atoms with Gasteiger partial charge >= 0.3 is 5.97 Å². The van der Waals surface area contributed by atoms with E-state index in [1.807, 2.05) is 19.1 Å². The molecule has 0 saturated carbocycles. The Morgan fingerprint density at radius 2 is 1.11 bits per heavy atom. The highest BCUT2D eigenvalue weighted by molar-refractivity contribution is 5.76. The number of hydrogen-bond acceptors (Lipinski definition) is 10. The fraction of sp³-hybridized carbons (Fsp3) is 0.804. The standard InChI is InChI=1S/C51H91NO10/c1-3-5-7-9-11-13-14-15-16-19-23-27-31-35-39-47(56)60-40-36-32-28-24-20-17-18-22-26-30-34-38-46(55)52-43(44(54)37-33-29-25-21-12-10-8-6-4-2)42-61-51-50(59)49(58)48(57)45(41-53)62-51/h4,6,12,20-21,24,33,37,43-45,48-51,53-54,57-59H,3,5,7-11,13-19,22-23,25-32,34-36,38-42H2,1-2H3,(H,52,55)/b6-4+,21-12+,24-20-,37-33+. The number of nitrogens with one attached hydrogen (secondary N) is 1. The molecule has 360 valence electrons. The molecule has 1 aliphatic heterocycles. The largest absolute Gasteiger partial charge is 0.466 e. The first-order valence-corrected chi connectivity index (χ1v) is 24.9. The van der Waals surface area contributed by atoms with Crippen LogP contribution in [0.5, 0.6) is 0 Å². The third-order valence-corrected chi connectivity index (χ3v) is 11.5. The zero-order valence-electron chi connectivity index (χ0n) is 39.1. The zero-order valence-corrected chi connectivity index (χ0v) is 39.1. The molecule has 6 N–H and O–H groups in total. The monoisotopic (exact) mass is 878 g/mol. The summed E-state index contributed by atoms with van der Waals surface area (Å²) in [4.78, 5) is 25.0. The quantitative estimate of drug-likeness (QED) is 0.0197. The lowest BCUT2D eigenvalue weighted by Crippen LogP contribution is -2.60. The molecule has 1 saturated heterocycles. The molecule has 62 heavy (non-hydrogen) atoms. The molecule has 1 rings (SSSR count). The van der Waals surface area contributed by atoms with Gasteiger partial charge in [0, 0.05) is 12.8 Å². The number of aliphatic hydroxyl groups excluding tert-OH is 5. The molecule has 0 aromatic rings. The number of ether oxygens (including phenoxy) is 3. The number of esters is 1. The third kappa shape index (κ3) is 31.5. The number of rotatable bonds is 41. The number of unbranched alkanes of at least 4 members (excludes halogenated alkanes) is 22. The molecular weight excluding hydrogens is 787 g/mol. The Hall–Kier alpha value is -2.38. The van der Waals surface area contributed by atoms with E-state index in [-0.39, 0.29) is 18.5 Å². The fourth-order valence-corrected chi connectivity index (χ4v) is 7.47. The van der Waals surface area contributed by atoms with Crippen molar-refractivity contribution in [3.8, 4) is 0 Å². The van der Waals surface area contributed by atoms with Crippen LogP contribution in [0.25, 0.3) is 0 Å². The van der Waals surface area contributed by atoms with Crippen molar-refractivity contribution >= 4 is 11.9 Å². The van der Waals surface area contributed by atoms with Gasteiger partial charge in [-0.25, -0.2) is 0 Å². The minimum Gasteiger partial charge on any atom is -0.466 e. The maximum Gasteiger partial charge on any atom is 0.305 e. The van der Waals surface area contributed by atoms with Crippen molar-refractivity contribution in [3.05, 3.63) is 48.6 Å². The Labute approximate surface area is 376 Å². The molecule has 0 bridgehead atoms. The minimum atomic E-state index is -1.59. The molecule has 11 nitrogen and oxygen atoms in total. The predicted molar refractivity (Wildman–Crippen MR) is 250 cm³/mol. The first-order valence-electron chi connectivity index (χ1n) is 24.9. The second kappa shape index (κ2) is 41.3. The van der Waals surface area contributed by atoms with Crippen LogP contribution in [0.15, 0.2) is 48.6 Å². The van der Waals surface area contributed by atoms with Crippen LogP contribution in [0.4, 0.5) is 0 Å². The third-order valence-electron chi connectivity index (χ3n) is 11.5. The normalized spacial score (nSPS) is 20.5. The summed E-state index contributed by atoms with van der Waals surface area (Å²) in [5.74, 6) is -0.289. The Kier molecular flexibility index (Phi) is 38.4. The lowest BCUT2D eigenvalue weighted by molar-refractivity contribution is -0.302. The maximum absolute atomic E-state index is 12.9. The van der Waals surface area contributed by atoms with Crippen molar-refractivity contribution in [3.63, 3.8) is 0 Å². The molecule has 1 heterocycles. The molecule has 0 aromatic carbocycles. The van der Waals surface area contributed by atoms with Gasteiger partial charge in [0.05, 0.1) is 32.0 Å². The van der Waals surface area contributed by atoms with E-state index in [0.717, 1.165) is 83.5 Å². The van der Waals surface area contributed by atoms with Crippen molar-refractivity contribution in [1.29, 1.82) is 0 Å². The topological polar surface area (TPSA) is 175 Å². The van der Waals surface area contributed by atoms with Gasteiger partial charge in [0.2, 0.25) is 5.91 Å². The zero-order chi connectivity index (χ0) is 45.3. The molecule has 11 heteroatoms. The van der Waals surface area contributed by atoms with Crippen molar-refractivity contribution in [2.24, 2.45) is 0 Å². The van der Waals surface area contributed by atoms with Gasteiger partial charge in [-0.15, -0.1) is 0 Å². The van der Waals surface area contributed by atoms with Crippen LogP contribution in [0, 0.1) is 0 Å². The van der Waals surface area contributed by atoms with Crippen LogP contribution in [0.3, 0.4) is 0 Å². The molecule has 0 aliphatic carbocycles. The second-order valence-corrected chi connectivity index (χ2v) is 17.2. The van der Waals surface area contributed by atoms with Crippen LogP contribution in [0.2, 0.25) is 0 Å². The van der Waals surface area contributed by atoms with Crippen LogP contribution in [0.1, 0.15) is 200 Å². The van der Waals surface area contributed by atoms with Crippen LogP contribution >= 0.6 is 0 Å². The average Bonchev–Trinajstić information content (AvgIpc) is 3.27. The van der Waals surface area contributed by atoms with Crippen molar-refractivity contribution in [2.45, 2.75) is 243 Å². The van der Waals surface area contributed by atoms with Gasteiger partial charge in [-0.2, -0.15) is 0 Å². The van der Waals surface area contributed by atoms with E-state index in [0.29, 0.717) is 32.3 Å². The fourth-order valence-electron chi connectivity index (χ4n) is 7.47. The van der Waals surface area contributed by atoms with E-state index in [9.17, 15) is 35.1 Å². The van der Waals surface area contributed by atoms with Crippen molar-refractivity contribution in [1.82, 2.24) is 5.32 Å². The van der Waals surface area contributed by atoms with Crippen molar-refractivity contribution < 1.29 is 49.3 Å². The summed E-state index contributed by atoms with van der Waals surface area (Å²) in [6.45, 7) is 3.96. The van der Waals surface area contributed by atoms with E-state index >= 15 is 0 Å². The smallest absolute Gasteiger partial charge is 0.305 e. The number of hydrogen-bond donors (Lipinski definition) is 6. The lowest BCUT2D eigenvalue weighted by atomic mass is 9.99.